The van der Waals surface area contributed by atoms with Crippen LogP contribution in [0.4, 0.5) is 13.2 Å². The standard InChI is InChI=1S/C20H18F3N3O3S/c21-20(22,23)30(28,29)18-15(5-3-9-24-18)19(27)26-10-7-13(8-11-26)16-12-25-17-6-2-1-4-14(16)17/h1-6,9,12-13,25H,7-8,10-11H2. The van der Waals surface area contributed by atoms with E-state index < -0.39 is 31.8 Å². The number of aromatic nitrogens is 2. The monoisotopic (exact) mass is 437 g/mol. The van der Waals surface area contributed by atoms with Crippen molar-refractivity contribution >= 4 is 26.6 Å². The number of H-pyrrole nitrogens is 1. The van der Waals surface area contributed by atoms with Crippen molar-refractivity contribution in [3.05, 3.63) is 59.9 Å². The van der Waals surface area contributed by atoms with Crippen molar-refractivity contribution in [2.45, 2.75) is 29.3 Å². The Morgan fingerprint density at radius 1 is 1.10 bits per heavy atom. The number of aromatic amines is 1. The first kappa shape index (κ1) is 20.4. The zero-order valence-corrected chi connectivity index (χ0v) is 16.5. The third-order valence-electron chi connectivity index (χ3n) is 5.40. The van der Waals surface area contributed by atoms with Gasteiger partial charge in [-0.15, -0.1) is 0 Å². The summed E-state index contributed by atoms with van der Waals surface area (Å²) in [5.41, 5.74) is -3.93. The molecule has 1 aliphatic heterocycles. The first-order valence-electron chi connectivity index (χ1n) is 9.32. The predicted molar refractivity (Wildman–Crippen MR) is 104 cm³/mol. The summed E-state index contributed by atoms with van der Waals surface area (Å²) >= 11 is 0. The molecule has 3 aromatic rings. The van der Waals surface area contributed by atoms with Gasteiger partial charge in [0.1, 0.15) is 0 Å². The van der Waals surface area contributed by atoms with Crippen molar-refractivity contribution in [1.82, 2.24) is 14.9 Å². The Morgan fingerprint density at radius 3 is 2.50 bits per heavy atom. The largest absolute Gasteiger partial charge is 0.503 e. The molecule has 1 saturated heterocycles. The summed E-state index contributed by atoms with van der Waals surface area (Å²) in [7, 11) is -5.72. The quantitative estimate of drug-likeness (QED) is 0.674. The van der Waals surface area contributed by atoms with Crippen molar-refractivity contribution in [2.24, 2.45) is 0 Å². The van der Waals surface area contributed by atoms with Crippen LogP contribution in [0.2, 0.25) is 0 Å². The van der Waals surface area contributed by atoms with Gasteiger partial charge in [-0.1, -0.05) is 18.2 Å². The van der Waals surface area contributed by atoms with Crippen LogP contribution in [-0.4, -0.2) is 47.8 Å². The average molecular weight is 437 g/mol. The number of sulfone groups is 1. The number of carbonyl (C=O) groups is 1. The summed E-state index contributed by atoms with van der Waals surface area (Å²) in [4.78, 5) is 20.8. The number of alkyl halides is 3. The highest BCUT2D eigenvalue weighted by molar-refractivity contribution is 7.92. The van der Waals surface area contributed by atoms with E-state index in [1.807, 2.05) is 30.5 Å². The van der Waals surface area contributed by atoms with E-state index in [1.165, 1.54) is 11.0 Å². The minimum absolute atomic E-state index is 0.192. The lowest BCUT2D eigenvalue weighted by Gasteiger charge is -2.32. The van der Waals surface area contributed by atoms with E-state index in [1.54, 1.807) is 0 Å². The molecule has 1 N–H and O–H groups in total. The second kappa shape index (κ2) is 7.42. The number of benzene rings is 1. The lowest BCUT2D eigenvalue weighted by Crippen LogP contribution is -2.39. The van der Waals surface area contributed by atoms with Crippen LogP contribution >= 0.6 is 0 Å². The average Bonchev–Trinajstić information content (AvgIpc) is 3.17. The lowest BCUT2D eigenvalue weighted by molar-refractivity contribution is -0.0438. The number of pyridine rings is 1. The van der Waals surface area contributed by atoms with Crippen LogP contribution in [0, 0.1) is 0 Å². The van der Waals surface area contributed by atoms with Crippen LogP contribution in [0.3, 0.4) is 0 Å². The molecule has 0 bridgehead atoms. The zero-order chi connectivity index (χ0) is 21.5. The van der Waals surface area contributed by atoms with Gasteiger partial charge in [-0.05, 0) is 42.5 Å². The van der Waals surface area contributed by atoms with Crippen LogP contribution in [-0.2, 0) is 9.84 Å². The van der Waals surface area contributed by atoms with Crippen molar-refractivity contribution in [1.29, 1.82) is 0 Å². The summed E-state index contributed by atoms with van der Waals surface area (Å²) < 4.78 is 62.6. The summed E-state index contributed by atoms with van der Waals surface area (Å²) in [6.45, 7) is 0.618. The molecule has 1 aliphatic rings. The number of fused-ring (bicyclic) bond motifs is 1. The molecule has 30 heavy (non-hydrogen) atoms. The molecule has 10 heteroatoms. The Bertz CT molecular complexity index is 1200. The third kappa shape index (κ3) is 3.45. The van der Waals surface area contributed by atoms with E-state index in [0.29, 0.717) is 25.9 Å². The van der Waals surface area contributed by atoms with Crippen LogP contribution in [0.25, 0.3) is 10.9 Å². The second-order valence-electron chi connectivity index (χ2n) is 7.16. The van der Waals surface area contributed by atoms with Gasteiger partial charge in [0.25, 0.3) is 15.7 Å². The molecule has 158 valence electrons. The van der Waals surface area contributed by atoms with E-state index in [4.69, 9.17) is 0 Å². The number of carbonyl (C=O) groups excluding carboxylic acids is 1. The molecule has 0 atom stereocenters. The SMILES string of the molecule is O=C(c1cccnc1S(=O)(=O)C(F)(F)F)N1CCC(c2c[nH]c3ccccc23)CC1. The van der Waals surface area contributed by atoms with Crippen LogP contribution < -0.4 is 0 Å². The minimum atomic E-state index is -5.72. The molecule has 1 fully saturated rings. The number of halogens is 3. The molecule has 0 radical (unpaired) electrons. The van der Waals surface area contributed by atoms with Gasteiger partial charge in [-0.2, -0.15) is 13.2 Å². The predicted octanol–water partition coefficient (Wildman–Crippen LogP) is 3.88. The highest BCUT2D eigenvalue weighted by Crippen LogP contribution is 2.35. The van der Waals surface area contributed by atoms with Gasteiger partial charge in [0.15, 0.2) is 5.03 Å². The topological polar surface area (TPSA) is 83.1 Å². The van der Waals surface area contributed by atoms with Crippen LogP contribution in [0.15, 0.2) is 53.8 Å². The minimum Gasteiger partial charge on any atom is -0.361 e. The zero-order valence-electron chi connectivity index (χ0n) is 15.7. The van der Waals surface area contributed by atoms with E-state index in [9.17, 15) is 26.4 Å². The molecule has 2 aromatic heterocycles. The van der Waals surface area contributed by atoms with Crippen LogP contribution in [0.1, 0.15) is 34.7 Å². The van der Waals surface area contributed by atoms with Gasteiger partial charge in [-0.25, -0.2) is 13.4 Å². The number of likely N-dealkylation sites (tertiary alicyclic amines) is 1. The fourth-order valence-corrected chi connectivity index (χ4v) is 4.74. The molecule has 4 rings (SSSR count). The van der Waals surface area contributed by atoms with Gasteiger partial charge >= 0.3 is 5.51 Å². The van der Waals surface area contributed by atoms with Crippen molar-refractivity contribution in [3.8, 4) is 0 Å². The van der Waals surface area contributed by atoms with Gasteiger partial charge in [0, 0.05) is 36.4 Å². The maximum atomic E-state index is 13.0. The first-order chi connectivity index (χ1) is 14.2. The number of amides is 1. The third-order valence-corrected chi connectivity index (χ3v) is 6.85. The fourth-order valence-electron chi connectivity index (χ4n) is 3.87. The number of nitrogens with zero attached hydrogens (tertiary/aromatic N) is 2. The first-order valence-corrected chi connectivity index (χ1v) is 10.8. The summed E-state index contributed by atoms with van der Waals surface area (Å²) in [5, 5.41) is -0.144. The van der Waals surface area contributed by atoms with Crippen molar-refractivity contribution < 1.29 is 26.4 Å². The van der Waals surface area contributed by atoms with E-state index in [2.05, 4.69) is 9.97 Å². The maximum Gasteiger partial charge on any atom is 0.503 e. The van der Waals surface area contributed by atoms with E-state index >= 15 is 0 Å². The molecular formula is C20H18F3N3O3S. The smallest absolute Gasteiger partial charge is 0.361 e. The number of nitrogens with one attached hydrogen (secondary N) is 1. The van der Waals surface area contributed by atoms with Crippen molar-refractivity contribution in [3.63, 3.8) is 0 Å². The number of hydrogen-bond donors (Lipinski definition) is 1. The Kier molecular flexibility index (Phi) is 5.05. The van der Waals surface area contributed by atoms with Crippen molar-refractivity contribution in [2.75, 3.05) is 13.1 Å². The molecule has 0 spiro atoms. The maximum absolute atomic E-state index is 13.0. The Balaban J connectivity index is 1.55. The second-order valence-corrected chi connectivity index (χ2v) is 9.02. The highest BCUT2D eigenvalue weighted by Gasteiger charge is 2.49. The molecule has 1 aromatic carbocycles. The van der Waals surface area contributed by atoms with E-state index in [0.717, 1.165) is 28.7 Å². The van der Waals surface area contributed by atoms with Gasteiger partial charge in [0.05, 0.1) is 5.56 Å². The molecule has 1 amide bonds. The molecule has 0 saturated carbocycles. The number of piperidine rings is 1. The Labute approximate surface area is 170 Å². The Morgan fingerprint density at radius 2 is 1.80 bits per heavy atom. The fraction of sp³-hybridized carbons (Fsp3) is 0.300. The molecule has 0 unspecified atom stereocenters. The Hall–Kier alpha value is -2.88. The molecule has 0 aliphatic carbocycles. The summed E-state index contributed by atoms with van der Waals surface area (Å²) in [6, 6.07) is 10.2. The number of rotatable bonds is 3. The van der Waals surface area contributed by atoms with Gasteiger partial charge in [-0.3, -0.25) is 4.79 Å². The lowest BCUT2D eigenvalue weighted by atomic mass is 9.89. The summed E-state index contributed by atoms with van der Waals surface area (Å²) in [5.74, 6) is -0.569. The molecular weight excluding hydrogens is 419 g/mol. The summed E-state index contributed by atoms with van der Waals surface area (Å²) in [6.07, 6.45) is 4.12. The number of para-hydroxylation sites is 1. The van der Waals surface area contributed by atoms with Gasteiger partial charge < -0.3 is 9.88 Å². The number of hydrogen-bond acceptors (Lipinski definition) is 4. The molecule has 6 nitrogen and oxygen atoms in total. The van der Waals surface area contributed by atoms with E-state index in [-0.39, 0.29) is 5.92 Å². The van der Waals surface area contributed by atoms with Gasteiger partial charge in [0.2, 0.25) is 0 Å². The normalized spacial score (nSPS) is 16.2. The van der Waals surface area contributed by atoms with Crippen LogP contribution in [0.5, 0.6) is 0 Å². The highest BCUT2D eigenvalue weighted by atomic mass is 32.2. The molecule has 3 heterocycles.